The first-order chi connectivity index (χ1) is 11.6. The monoisotopic (exact) mass is 326 g/mol. The van der Waals surface area contributed by atoms with Gasteiger partial charge in [0.15, 0.2) is 0 Å². The van der Waals surface area contributed by atoms with Gasteiger partial charge in [-0.1, -0.05) is 67.6 Å². The van der Waals surface area contributed by atoms with Crippen LogP contribution < -0.4 is 0 Å². The number of nitrogens with zero attached hydrogens (tertiary/aromatic N) is 2. The molecule has 0 aliphatic rings. The Hall–Kier alpha value is -2.17. The Morgan fingerprint density at radius 1 is 0.958 bits per heavy atom. The molecule has 0 radical (unpaired) electrons. The second kappa shape index (κ2) is 9.21. The van der Waals surface area contributed by atoms with Gasteiger partial charge in [0.1, 0.15) is 0 Å². The molecular weight excluding hydrogens is 300 g/mol. The van der Waals surface area contributed by atoms with Crippen LogP contribution in [0.5, 0.6) is 0 Å². The van der Waals surface area contributed by atoms with E-state index in [0.717, 1.165) is 19.6 Å². The molecule has 0 aliphatic heterocycles. The highest BCUT2D eigenvalue weighted by Crippen LogP contribution is 2.28. The number of hydrogen-bond acceptors (Lipinski definition) is 3. The van der Waals surface area contributed by atoms with Crippen LogP contribution in [0.1, 0.15) is 24.1 Å². The number of carboxylic acid groups (broad SMARTS) is 1. The van der Waals surface area contributed by atoms with E-state index in [1.807, 2.05) is 24.1 Å². The summed E-state index contributed by atoms with van der Waals surface area (Å²) in [7, 11) is 1.85. The van der Waals surface area contributed by atoms with Crippen LogP contribution in [0.25, 0.3) is 0 Å². The largest absolute Gasteiger partial charge is 0.480 e. The van der Waals surface area contributed by atoms with Crippen LogP contribution in [-0.4, -0.2) is 54.1 Å². The lowest BCUT2D eigenvalue weighted by Crippen LogP contribution is -2.38. The van der Waals surface area contributed by atoms with Crippen LogP contribution in [0, 0.1) is 0 Å². The molecule has 2 aromatic carbocycles. The van der Waals surface area contributed by atoms with E-state index in [9.17, 15) is 4.79 Å². The van der Waals surface area contributed by atoms with Gasteiger partial charge in [-0.05, 0) is 24.7 Å². The molecule has 0 spiro atoms. The number of aliphatic carboxylic acids is 1. The topological polar surface area (TPSA) is 43.8 Å². The van der Waals surface area contributed by atoms with Crippen molar-refractivity contribution in [2.75, 3.05) is 33.2 Å². The summed E-state index contributed by atoms with van der Waals surface area (Å²) in [5.41, 5.74) is 2.51. The molecule has 0 saturated carbocycles. The van der Waals surface area contributed by atoms with Gasteiger partial charge in [-0.25, -0.2) is 0 Å². The standard InChI is InChI=1S/C20H26N2O2/c1-3-22(15-14-21(2)16-19(23)24)20(17-10-6-4-7-11-17)18-12-8-5-9-13-18/h4-13,20H,3,14-16H2,1-2H3,(H,23,24). The van der Waals surface area contributed by atoms with Crippen molar-refractivity contribution in [3.8, 4) is 0 Å². The first-order valence-corrected chi connectivity index (χ1v) is 8.36. The molecule has 4 heteroatoms. The van der Waals surface area contributed by atoms with Crippen molar-refractivity contribution in [2.45, 2.75) is 13.0 Å². The molecular formula is C20H26N2O2. The molecule has 0 unspecified atom stereocenters. The van der Waals surface area contributed by atoms with Crippen molar-refractivity contribution in [3.63, 3.8) is 0 Å². The van der Waals surface area contributed by atoms with E-state index in [1.165, 1.54) is 11.1 Å². The molecule has 24 heavy (non-hydrogen) atoms. The molecule has 1 N–H and O–H groups in total. The Morgan fingerprint density at radius 2 is 1.46 bits per heavy atom. The summed E-state index contributed by atoms with van der Waals surface area (Å²) in [5, 5.41) is 8.92. The maximum atomic E-state index is 10.8. The molecule has 0 fully saturated rings. The van der Waals surface area contributed by atoms with Crippen LogP contribution in [0.4, 0.5) is 0 Å². The molecule has 0 saturated heterocycles. The Morgan fingerprint density at radius 3 is 1.88 bits per heavy atom. The molecule has 0 heterocycles. The average Bonchev–Trinajstić information content (AvgIpc) is 2.59. The Labute approximate surface area is 144 Å². The summed E-state index contributed by atoms with van der Waals surface area (Å²) in [4.78, 5) is 15.1. The lowest BCUT2D eigenvalue weighted by molar-refractivity contribution is -0.138. The maximum Gasteiger partial charge on any atom is 0.317 e. The number of rotatable bonds is 9. The summed E-state index contributed by atoms with van der Waals surface area (Å²) in [5.74, 6) is -0.789. The fourth-order valence-corrected chi connectivity index (χ4v) is 2.96. The SMILES string of the molecule is CCN(CCN(C)CC(=O)O)C(c1ccccc1)c1ccccc1. The Bertz CT molecular complexity index is 577. The van der Waals surface area contributed by atoms with Gasteiger partial charge >= 0.3 is 5.97 Å². The van der Waals surface area contributed by atoms with Gasteiger partial charge in [0.2, 0.25) is 0 Å². The summed E-state index contributed by atoms with van der Waals surface area (Å²) in [6, 6.07) is 21.1. The predicted molar refractivity (Wildman–Crippen MR) is 97.1 cm³/mol. The zero-order valence-electron chi connectivity index (χ0n) is 14.4. The number of likely N-dealkylation sites (N-methyl/N-ethyl adjacent to an activating group) is 2. The maximum absolute atomic E-state index is 10.8. The lowest BCUT2D eigenvalue weighted by atomic mass is 9.97. The van der Waals surface area contributed by atoms with Gasteiger partial charge in [0.05, 0.1) is 12.6 Å². The third kappa shape index (κ3) is 5.18. The van der Waals surface area contributed by atoms with Crippen LogP contribution in [0.2, 0.25) is 0 Å². The molecule has 2 aromatic rings. The highest BCUT2D eigenvalue weighted by Gasteiger charge is 2.21. The number of benzene rings is 2. The molecule has 4 nitrogen and oxygen atoms in total. The second-order valence-corrected chi connectivity index (χ2v) is 5.98. The second-order valence-electron chi connectivity index (χ2n) is 5.98. The minimum absolute atomic E-state index is 0.0683. The normalized spacial score (nSPS) is 11.4. The quantitative estimate of drug-likeness (QED) is 0.769. The fraction of sp³-hybridized carbons (Fsp3) is 0.350. The van der Waals surface area contributed by atoms with E-state index >= 15 is 0 Å². The van der Waals surface area contributed by atoms with E-state index in [-0.39, 0.29) is 12.6 Å². The van der Waals surface area contributed by atoms with E-state index < -0.39 is 5.97 Å². The third-order valence-corrected chi connectivity index (χ3v) is 4.18. The van der Waals surface area contributed by atoms with E-state index in [0.29, 0.717) is 0 Å². The number of hydrogen-bond donors (Lipinski definition) is 1. The van der Waals surface area contributed by atoms with Crippen molar-refractivity contribution < 1.29 is 9.90 Å². The minimum Gasteiger partial charge on any atom is -0.480 e. The zero-order valence-corrected chi connectivity index (χ0v) is 14.4. The summed E-state index contributed by atoms with van der Waals surface area (Å²) in [6.07, 6.45) is 0. The smallest absolute Gasteiger partial charge is 0.317 e. The van der Waals surface area contributed by atoms with E-state index in [4.69, 9.17) is 5.11 Å². The molecule has 2 rings (SSSR count). The molecule has 0 bridgehead atoms. The summed E-state index contributed by atoms with van der Waals surface area (Å²) < 4.78 is 0. The van der Waals surface area contributed by atoms with Crippen LogP contribution in [0.15, 0.2) is 60.7 Å². The summed E-state index contributed by atoms with van der Waals surface area (Å²) in [6.45, 7) is 4.65. The molecule has 0 aliphatic carbocycles. The average molecular weight is 326 g/mol. The summed E-state index contributed by atoms with van der Waals surface area (Å²) >= 11 is 0. The van der Waals surface area contributed by atoms with Crippen molar-refractivity contribution in [3.05, 3.63) is 71.8 Å². The van der Waals surface area contributed by atoms with E-state index in [1.54, 1.807) is 0 Å². The van der Waals surface area contributed by atoms with E-state index in [2.05, 4.69) is 60.4 Å². The predicted octanol–water partition coefficient (Wildman–Crippen LogP) is 3.11. The molecule has 0 amide bonds. The van der Waals surface area contributed by atoms with Crippen LogP contribution in [0.3, 0.4) is 0 Å². The van der Waals surface area contributed by atoms with Crippen molar-refractivity contribution in [2.24, 2.45) is 0 Å². The van der Waals surface area contributed by atoms with Gasteiger partial charge in [-0.3, -0.25) is 14.6 Å². The highest BCUT2D eigenvalue weighted by atomic mass is 16.4. The Kier molecular flexibility index (Phi) is 6.97. The van der Waals surface area contributed by atoms with Gasteiger partial charge in [-0.15, -0.1) is 0 Å². The molecule has 0 aromatic heterocycles. The molecule has 0 atom stereocenters. The number of carbonyl (C=O) groups is 1. The van der Waals surface area contributed by atoms with Crippen molar-refractivity contribution >= 4 is 5.97 Å². The van der Waals surface area contributed by atoms with Gasteiger partial charge in [0, 0.05) is 13.1 Å². The van der Waals surface area contributed by atoms with Gasteiger partial charge < -0.3 is 5.11 Å². The van der Waals surface area contributed by atoms with Gasteiger partial charge in [0.25, 0.3) is 0 Å². The molecule has 128 valence electrons. The highest BCUT2D eigenvalue weighted by molar-refractivity contribution is 5.68. The zero-order chi connectivity index (χ0) is 17.4. The first kappa shape index (κ1) is 18.2. The Balaban J connectivity index is 2.19. The van der Waals surface area contributed by atoms with Crippen LogP contribution >= 0.6 is 0 Å². The lowest BCUT2D eigenvalue weighted by Gasteiger charge is -2.32. The fourth-order valence-electron chi connectivity index (χ4n) is 2.96. The first-order valence-electron chi connectivity index (χ1n) is 8.36. The minimum atomic E-state index is -0.789. The van der Waals surface area contributed by atoms with Gasteiger partial charge in [-0.2, -0.15) is 0 Å². The van der Waals surface area contributed by atoms with Crippen LogP contribution in [-0.2, 0) is 4.79 Å². The third-order valence-electron chi connectivity index (χ3n) is 4.18. The van der Waals surface area contributed by atoms with Crippen molar-refractivity contribution in [1.29, 1.82) is 0 Å². The number of carboxylic acids is 1. The van der Waals surface area contributed by atoms with Crippen molar-refractivity contribution in [1.82, 2.24) is 9.80 Å².